The van der Waals surface area contributed by atoms with Crippen molar-refractivity contribution in [2.24, 2.45) is 17.1 Å². The zero-order valence-corrected chi connectivity index (χ0v) is 12.1. The van der Waals surface area contributed by atoms with Crippen LogP contribution in [0.15, 0.2) is 0 Å². The molecule has 110 valence electrons. The van der Waals surface area contributed by atoms with Crippen molar-refractivity contribution in [2.75, 3.05) is 13.2 Å². The van der Waals surface area contributed by atoms with Crippen LogP contribution in [-0.4, -0.2) is 41.9 Å². The summed E-state index contributed by atoms with van der Waals surface area (Å²) in [4.78, 5) is 12.5. The van der Waals surface area contributed by atoms with E-state index in [4.69, 9.17) is 10.5 Å². The highest BCUT2D eigenvalue weighted by Crippen LogP contribution is 2.57. The van der Waals surface area contributed by atoms with Crippen LogP contribution in [0.2, 0.25) is 0 Å². The van der Waals surface area contributed by atoms with Gasteiger partial charge in [0.25, 0.3) is 0 Å². The third-order valence-electron chi connectivity index (χ3n) is 5.11. The first-order valence-electron chi connectivity index (χ1n) is 7.21. The van der Waals surface area contributed by atoms with E-state index in [9.17, 15) is 9.90 Å². The molecule has 1 saturated heterocycles. The van der Waals surface area contributed by atoms with Crippen LogP contribution in [0.1, 0.15) is 40.0 Å². The van der Waals surface area contributed by atoms with Crippen LogP contribution in [0, 0.1) is 11.3 Å². The Bertz CT molecular complexity index is 355. The van der Waals surface area contributed by atoms with Gasteiger partial charge < -0.3 is 20.9 Å². The van der Waals surface area contributed by atoms with E-state index in [1.807, 2.05) is 20.8 Å². The van der Waals surface area contributed by atoms with Crippen LogP contribution >= 0.6 is 0 Å². The molecule has 5 heteroatoms. The van der Waals surface area contributed by atoms with Crippen LogP contribution in [-0.2, 0) is 9.53 Å². The predicted octanol–water partition coefficient (Wildman–Crippen LogP) is 0.406. The van der Waals surface area contributed by atoms with Gasteiger partial charge in [-0.2, -0.15) is 0 Å². The molecule has 0 aromatic rings. The molecule has 2 aliphatic rings. The fourth-order valence-corrected chi connectivity index (χ4v) is 3.62. The van der Waals surface area contributed by atoms with Crippen LogP contribution in [0.3, 0.4) is 0 Å². The number of aliphatic hydroxyl groups excluding tert-OH is 1. The summed E-state index contributed by atoms with van der Waals surface area (Å²) in [6, 6.07) is -0.215. The molecule has 4 N–H and O–H groups in total. The summed E-state index contributed by atoms with van der Waals surface area (Å²) in [5.41, 5.74) is 5.21. The van der Waals surface area contributed by atoms with E-state index in [-0.39, 0.29) is 36.0 Å². The largest absolute Gasteiger partial charge is 0.394 e. The number of nitrogens with one attached hydrogen (secondary N) is 1. The Morgan fingerprint density at radius 1 is 1.58 bits per heavy atom. The third kappa shape index (κ3) is 1.99. The van der Waals surface area contributed by atoms with Crippen LogP contribution in [0.4, 0.5) is 0 Å². The quantitative estimate of drug-likeness (QED) is 0.690. The number of nitrogens with two attached hydrogens (primary N) is 1. The first kappa shape index (κ1) is 14.8. The number of aliphatic hydroxyl groups is 1. The van der Waals surface area contributed by atoms with Crippen molar-refractivity contribution in [1.82, 2.24) is 5.32 Å². The van der Waals surface area contributed by atoms with Crippen molar-refractivity contribution < 1.29 is 14.6 Å². The molecule has 0 aromatic carbocycles. The zero-order chi connectivity index (χ0) is 14.3. The predicted molar refractivity (Wildman–Crippen MR) is 72.5 cm³/mol. The van der Waals surface area contributed by atoms with E-state index in [2.05, 4.69) is 5.32 Å². The Hall–Kier alpha value is -0.650. The molecule has 2 rings (SSSR count). The first-order valence-corrected chi connectivity index (χ1v) is 7.21. The molecule has 0 radical (unpaired) electrons. The van der Waals surface area contributed by atoms with Gasteiger partial charge in [0.15, 0.2) is 0 Å². The van der Waals surface area contributed by atoms with Crippen molar-refractivity contribution >= 4 is 5.91 Å². The lowest BCUT2D eigenvalue weighted by atomic mass is 9.46. The molecule has 19 heavy (non-hydrogen) atoms. The van der Waals surface area contributed by atoms with Crippen LogP contribution < -0.4 is 11.1 Å². The van der Waals surface area contributed by atoms with Gasteiger partial charge in [0.2, 0.25) is 5.91 Å². The molecule has 1 amide bonds. The highest BCUT2D eigenvalue weighted by Gasteiger charge is 2.70. The molecule has 2 fully saturated rings. The summed E-state index contributed by atoms with van der Waals surface area (Å²) in [5, 5.41) is 12.1. The monoisotopic (exact) mass is 270 g/mol. The summed E-state index contributed by atoms with van der Waals surface area (Å²) >= 11 is 0. The number of carbonyl (C=O) groups excluding carboxylic acids is 1. The van der Waals surface area contributed by atoms with E-state index in [0.717, 1.165) is 19.4 Å². The number of carbonyl (C=O) groups is 1. The molecule has 0 spiro atoms. The van der Waals surface area contributed by atoms with Gasteiger partial charge in [-0.15, -0.1) is 0 Å². The maximum absolute atomic E-state index is 12.5. The smallest absolute Gasteiger partial charge is 0.241 e. The molecule has 1 saturated carbocycles. The molecular formula is C14H26N2O3. The second kappa shape index (κ2) is 5.04. The van der Waals surface area contributed by atoms with Crippen LogP contribution in [0.5, 0.6) is 0 Å². The van der Waals surface area contributed by atoms with Crippen molar-refractivity contribution in [1.29, 1.82) is 0 Å². The topological polar surface area (TPSA) is 84.6 Å². The Kier molecular flexibility index (Phi) is 3.91. The first-order chi connectivity index (χ1) is 8.89. The van der Waals surface area contributed by atoms with Crippen molar-refractivity contribution in [3.63, 3.8) is 0 Å². The average Bonchev–Trinajstić information content (AvgIpc) is 2.43. The van der Waals surface area contributed by atoms with E-state index >= 15 is 0 Å². The molecule has 1 heterocycles. The Balaban J connectivity index is 2.14. The number of amides is 1. The molecule has 0 bridgehead atoms. The minimum atomic E-state index is -0.888. The van der Waals surface area contributed by atoms with Gasteiger partial charge in [0.05, 0.1) is 18.8 Å². The Labute approximate surface area is 114 Å². The average molecular weight is 270 g/mol. The van der Waals surface area contributed by atoms with Gasteiger partial charge >= 0.3 is 0 Å². The van der Waals surface area contributed by atoms with E-state index in [1.165, 1.54) is 0 Å². The molecule has 5 nitrogen and oxygen atoms in total. The summed E-state index contributed by atoms with van der Waals surface area (Å²) in [7, 11) is 0. The summed E-state index contributed by atoms with van der Waals surface area (Å²) in [5.74, 6) is -0.0578. The fourth-order valence-electron chi connectivity index (χ4n) is 3.62. The SMILES string of the molecule is CC[C@H](CO)NC(=O)C1(N)C2CCCOC2C1(C)C. The molecule has 3 unspecified atom stereocenters. The number of hydrogen-bond acceptors (Lipinski definition) is 4. The fraction of sp³-hybridized carbons (Fsp3) is 0.929. The minimum Gasteiger partial charge on any atom is -0.394 e. The Morgan fingerprint density at radius 3 is 2.84 bits per heavy atom. The van der Waals surface area contributed by atoms with Gasteiger partial charge in [-0.1, -0.05) is 20.8 Å². The van der Waals surface area contributed by atoms with Gasteiger partial charge in [-0.25, -0.2) is 0 Å². The second-order valence-electron chi connectivity index (χ2n) is 6.39. The highest BCUT2D eigenvalue weighted by atomic mass is 16.5. The van der Waals surface area contributed by atoms with Gasteiger partial charge in [0, 0.05) is 17.9 Å². The Morgan fingerprint density at radius 2 is 2.26 bits per heavy atom. The maximum atomic E-state index is 12.5. The molecule has 1 aliphatic carbocycles. The number of ether oxygens (including phenoxy) is 1. The van der Waals surface area contributed by atoms with Crippen LogP contribution in [0.25, 0.3) is 0 Å². The highest BCUT2D eigenvalue weighted by molar-refractivity contribution is 5.89. The standard InChI is InChI=1S/C14H26N2O3/c1-4-9(8-17)16-12(18)14(15)10-6-5-7-19-11(10)13(14,2)3/h9-11,17H,4-8,15H2,1-3H3,(H,16,18)/t9-,10?,11?,14?/m1/s1. The number of rotatable bonds is 4. The summed E-state index contributed by atoms with van der Waals surface area (Å²) in [6.07, 6.45) is 2.67. The lowest BCUT2D eigenvalue weighted by molar-refractivity contribution is -0.225. The molecule has 0 aromatic heterocycles. The van der Waals surface area contributed by atoms with Crippen molar-refractivity contribution in [2.45, 2.75) is 57.7 Å². The third-order valence-corrected chi connectivity index (χ3v) is 5.11. The van der Waals surface area contributed by atoms with E-state index < -0.39 is 5.54 Å². The van der Waals surface area contributed by atoms with Gasteiger partial charge in [-0.3, -0.25) is 4.79 Å². The lowest BCUT2D eigenvalue weighted by Crippen LogP contribution is -2.82. The van der Waals surface area contributed by atoms with E-state index in [1.54, 1.807) is 0 Å². The summed E-state index contributed by atoms with van der Waals surface area (Å²) in [6.45, 7) is 6.64. The number of hydrogen-bond donors (Lipinski definition) is 3. The maximum Gasteiger partial charge on any atom is 0.241 e. The van der Waals surface area contributed by atoms with Crippen molar-refractivity contribution in [3.8, 4) is 0 Å². The lowest BCUT2D eigenvalue weighted by Gasteiger charge is -2.65. The van der Waals surface area contributed by atoms with Gasteiger partial charge in [0.1, 0.15) is 5.54 Å². The second-order valence-corrected chi connectivity index (χ2v) is 6.39. The molecule has 1 aliphatic heterocycles. The number of fused-ring (bicyclic) bond motifs is 1. The molecular weight excluding hydrogens is 244 g/mol. The minimum absolute atomic E-state index is 0.0522. The van der Waals surface area contributed by atoms with Crippen molar-refractivity contribution in [3.05, 3.63) is 0 Å². The van der Waals surface area contributed by atoms with Gasteiger partial charge in [-0.05, 0) is 19.3 Å². The van der Waals surface area contributed by atoms with E-state index in [0.29, 0.717) is 6.42 Å². The zero-order valence-electron chi connectivity index (χ0n) is 12.1. The summed E-state index contributed by atoms with van der Waals surface area (Å²) < 4.78 is 5.79. The normalized spacial score (nSPS) is 37.9. The molecule has 4 atom stereocenters.